The Morgan fingerprint density at radius 3 is 2.05 bits per heavy atom. The Morgan fingerprint density at radius 2 is 1.43 bits per heavy atom. The normalized spacial score (nSPS) is 39.4. The van der Waals surface area contributed by atoms with Crippen LogP contribution in [0.5, 0.6) is 0 Å². The lowest BCUT2D eigenvalue weighted by Crippen LogP contribution is -2.69. The summed E-state index contributed by atoms with van der Waals surface area (Å²) in [6.07, 6.45) is 11.6. The highest BCUT2D eigenvalue weighted by Crippen LogP contribution is 2.76. The topological polar surface area (TPSA) is 139 Å². The number of Topliss-reactive ketones (excluding diaryl/α,β-unsaturated/α-hetero) is 1. The summed E-state index contributed by atoms with van der Waals surface area (Å²) in [4.78, 5) is 68.6. The van der Waals surface area contributed by atoms with Crippen LogP contribution in [0.2, 0.25) is 5.02 Å². The summed E-state index contributed by atoms with van der Waals surface area (Å²) in [6, 6.07) is 6.78. The van der Waals surface area contributed by atoms with Crippen molar-refractivity contribution in [2.24, 2.45) is 62.6 Å². The van der Waals surface area contributed by atoms with E-state index in [1.165, 1.54) is 5.57 Å². The van der Waals surface area contributed by atoms with E-state index in [1.807, 2.05) is 13.8 Å². The number of fused-ring (bicyclic) bond motifs is 7. The summed E-state index contributed by atoms with van der Waals surface area (Å²) in [5.41, 5.74) is -0.265. The van der Waals surface area contributed by atoms with Gasteiger partial charge in [-0.15, -0.1) is 0 Å². The van der Waals surface area contributed by atoms with Crippen LogP contribution in [0.4, 0.5) is 0 Å². The highest BCUT2D eigenvalue weighted by Gasteiger charge is 2.71. The Hall–Kier alpha value is -3.20. The van der Waals surface area contributed by atoms with E-state index in [2.05, 4.69) is 59.1 Å². The highest BCUT2D eigenvalue weighted by molar-refractivity contribution is 6.30. The van der Waals surface area contributed by atoms with Crippen LogP contribution in [-0.4, -0.2) is 51.8 Å². The summed E-state index contributed by atoms with van der Waals surface area (Å²) in [7, 11) is 0. The van der Waals surface area contributed by atoms with E-state index >= 15 is 4.79 Å². The lowest BCUT2D eigenvalue weighted by molar-refractivity contribution is -0.235. The SMILES string of the molecule is CC(C)C1=C2[C@H]3CC[C@@H]4[C@@]5(C)CC[C@H](OC(=O)[C@H]6C[C@@H](C(=O)O)C6(C)C)C(C)(C)[C@@H]5CC[C@@]4(C)[C@]3(C)CC[C@@]2(NC(=O)C2(NC(=O)c3ccc(Cl)cc3)CCCCC2)CC1=O. The molecule has 3 N–H and O–H groups in total. The minimum Gasteiger partial charge on any atom is -0.481 e. The number of carboxylic acid groups (broad SMARTS) is 1. The van der Waals surface area contributed by atoms with Gasteiger partial charge in [-0.3, -0.25) is 24.0 Å². The lowest BCUT2D eigenvalue weighted by Gasteiger charge is -2.72. The molecule has 1 aromatic carbocycles. The molecule has 0 unspecified atom stereocenters. The predicted octanol–water partition coefficient (Wildman–Crippen LogP) is 10.3. The maximum atomic E-state index is 15.0. The van der Waals surface area contributed by atoms with Crippen LogP contribution < -0.4 is 10.6 Å². The van der Waals surface area contributed by atoms with Crippen molar-refractivity contribution in [1.82, 2.24) is 10.6 Å². The number of esters is 1. The third-order valence-corrected chi connectivity index (χ3v) is 19.7. The molecule has 61 heavy (non-hydrogen) atoms. The fourth-order valence-corrected chi connectivity index (χ4v) is 15.8. The molecule has 0 bridgehead atoms. The average molecular weight is 860 g/mol. The highest BCUT2D eigenvalue weighted by atomic mass is 35.5. The maximum absolute atomic E-state index is 15.0. The Morgan fingerprint density at radius 1 is 0.754 bits per heavy atom. The molecule has 0 saturated heterocycles. The minimum absolute atomic E-state index is 0.0173. The minimum atomic E-state index is -1.06. The van der Waals surface area contributed by atoms with Crippen molar-refractivity contribution in [3.63, 3.8) is 0 Å². The first-order chi connectivity index (χ1) is 28.5. The number of amides is 2. The van der Waals surface area contributed by atoms with E-state index in [4.69, 9.17) is 16.3 Å². The summed E-state index contributed by atoms with van der Waals surface area (Å²) >= 11 is 6.14. The Balaban J connectivity index is 1.06. The first-order valence-electron chi connectivity index (χ1n) is 23.6. The van der Waals surface area contributed by atoms with E-state index in [9.17, 15) is 24.3 Å². The fourth-order valence-electron chi connectivity index (χ4n) is 15.7. The van der Waals surface area contributed by atoms with Gasteiger partial charge in [-0.1, -0.05) is 93.2 Å². The number of halogens is 1. The number of hydrogen-bond acceptors (Lipinski definition) is 6. The number of ether oxygens (including phenoxy) is 1. The number of nitrogens with one attached hydrogen (secondary N) is 2. The summed E-state index contributed by atoms with van der Waals surface area (Å²) in [5.74, 6) is -1.36. The summed E-state index contributed by atoms with van der Waals surface area (Å²) in [6.45, 7) is 20.2. The molecule has 7 aliphatic carbocycles. The predicted molar refractivity (Wildman–Crippen MR) is 235 cm³/mol. The average Bonchev–Trinajstić information content (AvgIpc) is 3.47. The number of carbonyl (C=O) groups excluding carboxylic acids is 4. The molecule has 2 amide bonds. The molecular weight excluding hydrogens is 788 g/mol. The lowest BCUT2D eigenvalue weighted by atomic mass is 9.33. The molecule has 6 fully saturated rings. The number of hydrogen-bond donors (Lipinski definition) is 3. The molecular formula is C51H71ClN2O7. The zero-order chi connectivity index (χ0) is 44.3. The van der Waals surface area contributed by atoms with Crippen molar-refractivity contribution in [1.29, 1.82) is 0 Å². The van der Waals surface area contributed by atoms with Crippen LogP contribution in [0, 0.1) is 62.6 Å². The van der Waals surface area contributed by atoms with E-state index in [0.717, 1.165) is 69.8 Å². The third kappa shape index (κ3) is 6.60. The van der Waals surface area contributed by atoms with Gasteiger partial charge in [0.25, 0.3) is 5.91 Å². The van der Waals surface area contributed by atoms with E-state index in [0.29, 0.717) is 48.1 Å². The number of allylic oxidation sites excluding steroid dienone is 1. The van der Waals surface area contributed by atoms with Gasteiger partial charge in [0.1, 0.15) is 11.6 Å². The Labute approximate surface area is 368 Å². The van der Waals surface area contributed by atoms with Crippen LogP contribution in [0.1, 0.15) is 169 Å². The molecule has 0 heterocycles. The first kappa shape index (κ1) is 44.4. The van der Waals surface area contributed by atoms with Gasteiger partial charge in [-0.2, -0.15) is 0 Å². The number of aliphatic carboxylic acids is 1. The van der Waals surface area contributed by atoms with E-state index < -0.39 is 34.3 Å². The van der Waals surface area contributed by atoms with Crippen LogP contribution >= 0.6 is 11.6 Å². The van der Waals surface area contributed by atoms with Crippen molar-refractivity contribution >= 4 is 41.1 Å². The zero-order valence-corrected chi connectivity index (χ0v) is 39.0. The van der Waals surface area contributed by atoms with Crippen LogP contribution in [0.15, 0.2) is 35.4 Å². The second-order valence-corrected chi connectivity index (χ2v) is 23.6. The van der Waals surface area contributed by atoms with Crippen LogP contribution in [-0.2, 0) is 23.9 Å². The zero-order valence-electron chi connectivity index (χ0n) is 38.2. The molecule has 334 valence electrons. The summed E-state index contributed by atoms with van der Waals surface area (Å²) in [5, 5.41) is 17.1. The molecule has 10 atom stereocenters. The number of carbonyl (C=O) groups is 5. The largest absolute Gasteiger partial charge is 0.481 e. The van der Waals surface area contributed by atoms with Gasteiger partial charge in [-0.05, 0) is 151 Å². The van der Waals surface area contributed by atoms with Crippen molar-refractivity contribution in [2.75, 3.05) is 0 Å². The van der Waals surface area contributed by atoms with Gasteiger partial charge in [0, 0.05) is 22.4 Å². The third-order valence-electron chi connectivity index (χ3n) is 19.4. The molecule has 1 aromatic rings. The van der Waals surface area contributed by atoms with Crippen molar-refractivity contribution in [3.8, 4) is 0 Å². The summed E-state index contributed by atoms with van der Waals surface area (Å²) < 4.78 is 6.44. The molecule has 9 nitrogen and oxygen atoms in total. The van der Waals surface area contributed by atoms with Crippen LogP contribution in [0.25, 0.3) is 0 Å². The first-order valence-corrected chi connectivity index (χ1v) is 24.0. The van der Waals surface area contributed by atoms with Gasteiger partial charge in [0.15, 0.2) is 5.78 Å². The monoisotopic (exact) mass is 858 g/mol. The molecule has 0 aromatic heterocycles. The van der Waals surface area contributed by atoms with Gasteiger partial charge in [0.05, 0.1) is 17.4 Å². The number of rotatable bonds is 8. The fraction of sp³-hybridized carbons (Fsp3) is 0.745. The van der Waals surface area contributed by atoms with Gasteiger partial charge >= 0.3 is 11.9 Å². The molecule has 0 radical (unpaired) electrons. The maximum Gasteiger partial charge on any atom is 0.309 e. The van der Waals surface area contributed by atoms with E-state index in [1.54, 1.807) is 24.3 Å². The molecule has 0 spiro atoms. The Kier molecular flexibility index (Phi) is 10.9. The molecule has 8 rings (SSSR count). The van der Waals surface area contributed by atoms with Gasteiger partial charge in [-0.25, -0.2) is 0 Å². The van der Waals surface area contributed by atoms with E-state index in [-0.39, 0.29) is 69.6 Å². The number of carboxylic acids is 1. The second kappa shape index (κ2) is 14.9. The molecule has 0 aliphatic heterocycles. The molecule has 7 aliphatic rings. The number of ketones is 1. The quantitative estimate of drug-likeness (QED) is 0.221. The van der Waals surface area contributed by atoms with Crippen molar-refractivity contribution < 1.29 is 33.8 Å². The number of benzene rings is 1. The van der Waals surface area contributed by atoms with Crippen molar-refractivity contribution in [2.45, 2.75) is 176 Å². The second-order valence-electron chi connectivity index (χ2n) is 23.1. The Bertz CT molecular complexity index is 2030. The molecule has 10 heteroatoms. The standard InChI is InChI=1S/C51H71ClN2O7/c1-29(2)39-35(55)28-51(54-44(60)50(21-11-10-12-22-50)53-41(56)30-13-15-31(52)16-14-30)26-25-48(8)32(40(39)51)17-18-37-47(7)23-20-38(46(5,6)36(47)19-24-49(37,48)9)61-43(59)34-27-33(42(57)58)45(34,3)4/h13-16,29,32-34,36-38H,10-12,17-28H2,1-9H3,(H,53,56)(H,54,60)(H,57,58)/t32-,33+,34-,36+,37-,38+,47+,48-,49-,51-/m1/s1. The van der Waals surface area contributed by atoms with Crippen LogP contribution in [0.3, 0.4) is 0 Å². The van der Waals surface area contributed by atoms with Gasteiger partial charge < -0.3 is 20.5 Å². The smallest absolute Gasteiger partial charge is 0.309 e. The van der Waals surface area contributed by atoms with Crippen molar-refractivity contribution in [3.05, 3.63) is 46.0 Å². The van der Waals surface area contributed by atoms with Gasteiger partial charge in [0.2, 0.25) is 5.91 Å². The molecule has 6 saturated carbocycles.